The van der Waals surface area contributed by atoms with Crippen molar-refractivity contribution in [1.29, 1.82) is 0 Å². The van der Waals surface area contributed by atoms with Gasteiger partial charge in [0.05, 0.1) is 5.39 Å². The molecule has 0 amide bonds. The number of nitrogens with zero attached hydrogens (tertiary/aromatic N) is 5. The molecule has 4 rings (SSSR count). The summed E-state index contributed by atoms with van der Waals surface area (Å²) >= 11 is 3.46. The quantitative estimate of drug-likeness (QED) is 0.510. The van der Waals surface area contributed by atoms with Crippen molar-refractivity contribution in [1.82, 2.24) is 24.5 Å². The van der Waals surface area contributed by atoms with Gasteiger partial charge in [-0.25, -0.2) is 4.98 Å². The lowest BCUT2D eigenvalue weighted by atomic mass is 10.1. The Morgan fingerprint density at radius 2 is 2.15 bits per heavy atom. The third-order valence-corrected chi connectivity index (χ3v) is 5.60. The van der Waals surface area contributed by atoms with E-state index in [1.165, 1.54) is 15.8 Å². The van der Waals surface area contributed by atoms with E-state index in [0.29, 0.717) is 0 Å². The van der Waals surface area contributed by atoms with Crippen molar-refractivity contribution in [3.8, 4) is 0 Å². The molecule has 7 heteroatoms. The molecule has 0 spiro atoms. The zero-order valence-corrected chi connectivity index (χ0v) is 13.3. The van der Waals surface area contributed by atoms with Gasteiger partial charge in [-0.3, -0.25) is 4.40 Å². The monoisotopic (exact) mass is 305 g/mol. The first-order valence-electron chi connectivity index (χ1n) is 6.57. The molecule has 0 aliphatic carbocycles. The lowest BCUT2D eigenvalue weighted by Crippen LogP contribution is -2.25. The minimum atomic E-state index is 0.909. The third kappa shape index (κ3) is 1.63. The molecule has 1 aliphatic heterocycles. The molecule has 0 N–H and O–H groups in total. The Morgan fingerprint density at radius 3 is 2.95 bits per heavy atom. The van der Waals surface area contributed by atoms with Gasteiger partial charge in [-0.15, -0.1) is 21.5 Å². The molecule has 0 unspecified atom stereocenters. The SMILES string of the molecule is CSc1nc2sc3c(c2c2nnc(C)n12)CCN(C)C3. The Kier molecular flexibility index (Phi) is 2.77. The van der Waals surface area contributed by atoms with Crippen molar-refractivity contribution in [3.63, 3.8) is 0 Å². The zero-order valence-electron chi connectivity index (χ0n) is 11.7. The summed E-state index contributed by atoms with van der Waals surface area (Å²) in [4.78, 5) is 9.73. The summed E-state index contributed by atoms with van der Waals surface area (Å²) < 4.78 is 2.08. The molecule has 0 saturated heterocycles. The van der Waals surface area contributed by atoms with Crippen molar-refractivity contribution in [2.75, 3.05) is 19.8 Å². The highest BCUT2D eigenvalue weighted by molar-refractivity contribution is 7.98. The minimum absolute atomic E-state index is 0.909. The zero-order chi connectivity index (χ0) is 13.9. The molecule has 0 bridgehead atoms. The Hall–Kier alpha value is -1.18. The standard InChI is InChI=1S/C13H15N5S2/c1-7-15-16-11-10-8-4-5-17(2)6-9(8)20-12(10)14-13(19-3)18(7)11/h4-6H2,1-3H3. The van der Waals surface area contributed by atoms with Gasteiger partial charge < -0.3 is 4.90 Å². The van der Waals surface area contributed by atoms with Crippen LogP contribution in [-0.2, 0) is 13.0 Å². The second kappa shape index (κ2) is 4.41. The summed E-state index contributed by atoms with van der Waals surface area (Å²) in [6.45, 7) is 4.10. The van der Waals surface area contributed by atoms with Gasteiger partial charge >= 0.3 is 0 Å². The highest BCUT2D eigenvalue weighted by Crippen LogP contribution is 2.37. The molecule has 4 heterocycles. The van der Waals surface area contributed by atoms with Crippen LogP contribution in [0, 0.1) is 6.92 Å². The number of thiophene rings is 1. The predicted molar refractivity (Wildman–Crippen MR) is 82.7 cm³/mol. The average Bonchev–Trinajstić information content (AvgIpc) is 2.98. The van der Waals surface area contributed by atoms with E-state index in [1.54, 1.807) is 11.8 Å². The van der Waals surface area contributed by atoms with Crippen molar-refractivity contribution in [2.24, 2.45) is 0 Å². The van der Waals surface area contributed by atoms with Crippen LogP contribution < -0.4 is 0 Å². The van der Waals surface area contributed by atoms with Crippen LogP contribution in [0.5, 0.6) is 0 Å². The first kappa shape index (κ1) is 12.6. The summed E-state index contributed by atoms with van der Waals surface area (Å²) in [5, 5.41) is 10.9. The summed E-state index contributed by atoms with van der Waals surface area (Å²) in [6.07, 6.45) is 3.13. The number of fused-ring (bicyclic) bond motifs is 5. The van der Waals surface area contributed by atoms with Gasteiger partial charge in [-0.2, -0.15) is 0 Å². The number of thioether (sulfide) groups is 1. The molecule has 3 aromatic heterocycles. The van der Waals surface area contributed by atoms with Gasteiger partial charge in [0.15, 0.2) is 10.8 Å². The summed E-state index contributed by atoms with van der Waals surface area (Å²) in [7, 11) is 2.17. The van der Waals surface area contributed by atoms with E-state index in [2.05, 4.69) is 26.5 Å². The normalized spacial score (nSPS) is 16.1. The molecule has 0 atom stereocenters. The van der Waals surface area contributed by atoms with Gasteiger partial charge in [-0.05, 0) is 32.2 Å². The summed E-state index contributed by atoms with van der Waals surface area (Å²) in [5.41, 5.74) is 2.40. The van der Waals surface area contributed by atoms with E-state index in [9.17, 15) is 0 Å². The lowest BCUT2D eigenvalue weighted by Gasteiger charge is -2.21. The molecule has 0 saturated carbocycles. The van der Waals surface area contributed by atoms with Crippen molar-refractivity contribution >= 4 is 39.0 Å². The van der Waals surface area contributed by atoms with Crippen LogP contribution >= 0.6 is 23.1 Å². The van der Waals surface area contributed by atoms with Gasteiger partial charge in [0, 0.05) is 18.0 Å². The predicted octanol–water partition coefficient (Wildman–Crippen LogP) is 2.36. The molecule has 0 fully saturated rings. The number of aryl methyl sites for hydroxylation is 1. The average molecular weight is 305 g/mol. The van der Waals surface area contributed by atoms with E-state index < -0.39 is 0 Å². The van der Waals surface area contributed by atoms with Crippen LogP contribution in [0.15, 0.2) is 5.16 Å². The molecule has 0 aromatic carbocycles. The van der Waals surface area contributed by atoms with Crippen LogP contribution in [0.25, 0.3) is 15.9 Å². The molecular formula is C13H15N5S2. The fourth-order valence-electron chi connectivity index (χ4n) is 2.85. The second-order valence-electron chi connectivity index (χ2n) is 5.18. The van der Waals surface area contributed by atoms with Crippen LogP contribution in [0.4, 0.5) is 0 Å². The first-order valence-corrected chi connectivity index (χ1v) is 8.61. The molecule has 0 radical (unpaired) electrons. The number of rotatable bonds is 1. The van der Waals surface area contributed by atoms with Crippen LogP contribution in [0.3, 0.4) is 0 Å². The van der Waals surface area contributed by atoms with E-state index in [4.69, 9.17) is 4.98 Å². The minimum Gasteiger partial charge on any atom is -0.301 e. The molecule has 3 aromatic rings. The molecule has 20 heavy (non-hydrogen) atoms. The van der Waals surface area contributed by atoms with Crippen LogP contribution in [0.1, 0.15) is 16.3 Å². The molecule has 1 aliphatic rings. The van der Waals surface area contributed by atoms with Crippen molar-refractivity contribution in [2.45, 2.75) is 25.0 Å². The van der Waals surface area contributed by atoms with Gasteiger partial charge in [0.2, 0.25) is 0 Å². The van der Waals surface area contributed by atoms with Crippen LogP contribution in [-0.4, -0.2) is 44.3 Å². The maximum atomic E-state index is 4.83. The molecule has 104 valence electrons. The largest absolute Gasteiger partial charge is 0.301 e. The fourth-order valence-corrected chi connectivity index (χ4v) is 4.79. The number of aromatic nitrogens is 4. The van der Waals surface area contributed by atoms with Crippen molar-refractivity contribution < 1.29 is 0 Å². The topological polar surface area (TPSA) is 46.3 Å². The van der Waals surface area contributed by atoms with E-state index in [1.807, 2.05) is 24.5 Å². The smallest absolute Gasteiger partial charge is 0.176 e. The maximum absolute atomic E-state index is 4.83. The van der Waals surface area contributed by atoms with Gasteiger partial charge in [-0.1, -0.05) is 11.8 Å². The lowest BCUT2D eigenvalue weighted by molar-refractivity contribution is 0.318. The van der Waals surface area contributed by atoms with E-state index in [0.717, 1.165) is 41.0 Å². The number of hydrogen-bond donors (Lipinski definition) is 0. The van der Waals surface area contributed by atoms with Crippen molar-refractivity contribution in [3.05, 3.63) is 16.3 Å². The van der Waals surface area contributed by atoms with Gasteiger partial charge in [0.25, 0.3) is 0 Å². The van der Waals surface area contributed by atoms with E-state index in [-0.39, 0.29) is 0 Å². The Labute approximate surface area is 125 Å². The maximum Gasteiger partial charge on any atom is 0.176 e. The molecular weight excluding hydrogens is 290 g/mol. The third-order valence-electron chi connectivity index (χ3n) is 3.85. The van der Waals surface area contributed by atoms with Gasteiger partial charge in [0.1, 0.15) is 10.7 Å². The molecule has 5 nitrogen and oxygen atoms in total. The first-order chi connectivity index (χ1) is 9.69. The Morgan fingerprint density at radius 1 is 1.30 bits per heavy atom. The summed E-state index contributed by atoms with van der Waals surface area (Å²) in [6, 6.07) is 0. The second-order valence-corrected chi connectivity index (χ2v) is 7.03. The Bertz CT molecular complexity index is 819. The Balaban J connectivity index is 2.13. The van der Waals surface area contributed by atoms with E-state index >= 15 is 0 Å². The highest BCUT2D eigenvalue weighted by atomic mass is 32.2. The summed E-state index contributed by atoms with van der Waals surface area (Å²) in [5.74, 6) is 0.909. The van der Waals surface area contributed by atoms with Crippen LogP contribution in [0.2, 0.25) is 0 Å². The number of likely N-dealkylation sites (N-methyl/N-ethyl adjacent to an activating group) is 1. The number of hydrogen-bond acceptors (Lipinski definition) is 6. The fraction of sp³-hybridized carbons (Fsp3) is 0.462. The highest BCUT2D eigenvalue weighted by Gasteiger charge is 2.23.